The Bertz CT molecular complexity index is 2190. The molecule has 9 heteroatoms. The lowest BCUT2D eigenvalue weighted by Crippen LogP contribution is -2.47. The highest BCUT2D eigenvalue weighted by Crippen LogP contribution is 2.36. The van der Waals surface area contributed by atoms with Gasteiger partial charge in [-0.15, -0.1) is 0 Å². The van der Waals surface area contributed by atoms with E-state index in [1.54, 1.807) is 19.2 Å². The highest BCUT2D eigenvalue weighted by Gasteiger charge is 2.37. The third-order valence-corrected chi connectivity index (χ3v) is 8.83. The van der Waals surface area contributed by atoms with Crippen LogP contribution in [0.15, 0.2) is 227 Å². The smallest absolute Gasteiger partial charge is 0.250 e. The Morgan fingerprint density at radius 1 is 0.541 bits per heavy atom. The molecule has 9 nitrogen and oxygen atoms in total. The van der Waals surface area contributed by atoms with Gasteiger partial charge in [-0.05, 0) is 89.4 Å². The molecule has 0 aliphatic carbocycles. The molecule has 61 heavy (non-hydrogen) atoms. The summed E-state index contributed by atoms with van der Waals surface area (Å²) in [6.45, 7) is 14.4. The molecule has 4 N–H and O–H groups in total. The van der Waals surface area contributed by atoms with E-state index in [0.717, 1.165) is 34.5 Å². The molecule has 310 valence electrons. The van der Waals surface area contributed by atoms with Crippen molar-refractivity contribution in [3.05, 3.63) is 249 Å². The fourth-order valence-corrected chi connectivity index (χ4v) is 5.72. The molecule has 4 amide bonds. The van der Waals surface area contributed by atoms with Crippen LogP contribution in [0.25, 0.3) is 0 Å². The van der Waals surface area contributed by atoms with Crippen LogP contribution in [0.5, 0.6) is 5.75 Å². The maximum atomic E-state index is 12.3. The zero-order chi connectivity index (χ0) is 44.3. The van der Waals surface area contributed by atoms with Crippen molar-refractivity contribution in [2.75, 3.05) is 23.8 Å². The van der Waals surface area contributed by atoms with E-state index in [9.17, 15) is 19.2 Å². The first-order valence-corrected chi connectivity index (χ1v) is 19.3. The van der Waals surface area contributed by atoms with Crippen LogP contribution < -0.4 is 20.9 Å². The van der Waals surface area contributed by atoms with Crippen molar-refractivity contribution >= 4 is 35.0 Å². The molecule has 0 spiro atoms. The van der Waals surface area contributed by atoms with E-state index in [4.69, 9.17) is 5.11 Å². The second kappa shape index (κ2) is 26.1. The first-order chi connectivity index (χ1) is 29.6. The van der Waals surface area contributed by atoms with Crippen molar-refractivity contribution in [1.29, 1.82) is 0 Å². The molecule has 6 aromatic carbocycles. The van der Waals surface area contributed by atoms with Gasteiger partial charge < -0.3 is 26.0 Å². The zero-order valence-electron chi connectivity index (χ0n) is 34.3. The Hall–Kier alpha value is -8.04. The van der Waals surface area contributed by atoms with Gasteiger partial charge >= 0.3 is 0 Å². The number of nitrogens with one attached hydrogen (secondary N) is 3. The molecule has 0 aliphatic heterocycles. The summed E-state index contributed by atoms with van der Waals surface area (Å²) in [5.41, 5.74) is 4.97. The third-order valence-electron chi connectivity index (χ3n) is 8.83. The van der Waals surface area contributed by atoms with Crippen LogP contribution in [0.4, 0.5) is 11.4 Å². The van der Waals surface area contributed by atoms with Crippen molar-refractivity contribution in [3.8, 4) is 5.75 Å². The summed E-state index contributed by atoms with van der Waals surface area (Å²) in [6.07, 6.45) is 5.94. The van der Waals surface area contributed by atoms with Gasteiger partial charge in [0.05, 0.1) is 0 Å². The molecule has 6 aromatic rings. The molecule has 0 saturated heterocycles. The number of phenolic OH excluding ortho intramolecular Hbond substituents is 1. The summed E-state index contributed by atoms with van der Waals surface area (Å²) in [7, 11) is 1.65. The second-order valence-corrected chi connectivity index (χ2v) is 12.9. The number of hydrogen-bond acceptors (Lipinski definition) is 5. The van der Waals surface area contributed by atoms with Crippen LogP contribution in [-0.2, 0) is 31.1 Å². The van der Waals surface area contributed by atoms with E-state index in [-0.39, 0.29) is 29.4 Å². The number of likely N-dealkylation sites (N-methyl/N-ethyl adjacent to an activating group) is 1. The van der Waals surface area contributed by atoms with Crippen LogP contribution >= 0.6 is 0 Å². The van der Waals surface area contributed by atoms with Gasteiger partial charge in [0.25, 0.3) is 0 Å². The van der Waals surface area contributed by atoms with Crippen LogP contribution in [0.3, 0.4) is 0 Å². The average molecular weight is 813 g/mol. The van der Waals surface area contributed by atoms with Gasteiger partial charge in [-0.2, -0.15) is 0 Å². The summed E-state index contributed by atoms with van der Waals surface area (Å²) >= 11 is 0. The fraction of sp³-hybridized carbons (Fsp3) is 0.0769. The van der Waals surface area contributed by atoms with Gasteiger partial charge in [0.1, 0.15) is 11.3 Å². The Labute approximate surface area is 359 Å². The quantitative estimate of drug-likeness (QED) is 0.0684. The van der Waals surface area contributed by atoms with Gasteiger partial charge in [-0.25, -0.2) is 0 Å². The van der Waals surface area contributed by atoms with E-state index in [0.29, 0.717) is 6.54 Å². The van der Waals surface area contributed by atoms with Crippen molar-refractivity contribution in [1.82, 2.24) is 10.6 Å². The number of carbonyl (C=O) groups excluding carboxylic acids is 4. The molecule has 0 atom stereocenters. The predicted molar refractivity (Wildman–Crippen MR) is 248 cm³/mol. The Morgan fingerprint density at radius 3 is 1.36 bits per heavy atom. The van der Waals surface area contributed by atoms with Crippen molar-refractivity contribution in [2.45, 2.75) is 12.0 Å². The van der Waals surface area contributed by atoms with E-state index in [2.05, 4.69) is 42.3 Å². The van der Waals surface area contributed by atoms with Gasteiger partial charge in [-0.1, -0.05) is 166 Å². The SMILES string of the molecule is C=CC(=O)N(C)c1ccc(O)cc1.C=CC(=O)NC(c1ccccc1)(c1ccccc1)c1ccccc1.C=CC(=O)NCCc1ccccc1.C=CC(=O)Nc1ccccc1. The molecular formula is C52H52N4O5. The number of phenols is 1. The maximum absolute atomic E-state index is 12.3. The highest BCUT2D eigenvalue weighted by atomic mass is 16.3. The second-order valence-electron chi connectivity index (χ2n) is 12.9. The lowest BCUT2D eigenvalue weighted by Gasteiger charge is -2.36. The lowest BCUT2D eigenvalue weighted by molar-refractivity contribution is -0.118. The van der Waals surface area contributed by atoms with Gasteiger partial charge in [0, 0.05) is 25.0 Å². The molecular weight excluding hydrogens is 761 g/mol. The van der Waals surface area contributed by atoms with Crippen molar-refractivity contribution < 1.29 is 24.3 Å². The number of rotatable bonds is 13. The molecule has 0 bridgehead atoms. The van der Waals surface area contributed by atoms with Gasteiger partial charge in [-0.3, -0.25) is 19.2 Å². The molecule has 0 saturated carbocycles. The number of hydrogen-bond donors (Lipinski definition) is 4. The highest BCUT2D eigenvalue weighted by molar-refractivity contribution is 6.00. The van der Waals surface area contributed by atoms with E-state index in [1.807, 2.05) is 152 Å². The standard InChI is InChI=1S/C22H19NO.C11H13NO.C10H11NO2.C9H9NO/c1-2-21(24)23-22(18-12-6-3-7-13-18,19-14-8-4-9-15-19)20-16-10-5-11-17-20;1-2-11(13)12-9-8-10-6-4-3-5-7-10;1-3-10(13)11(2)8-4-6-9(12)7-5-8;1-2-9(11)10-8-6-4-3-5-7-8/h2-17H,1H2,(H,23,24);2-7H,1,8-9H2,(H,12,13);3-7,12H,1H2,2H3;2-7H,1H2,(H,10,11). The summed E-state index contributed by atoms with van der Waals surface area (Å²) < 4.78 is 0. The maximum Gasteiger partial charge on any atom is 0.250 e. The minimum Gasteiger partial charge on any atom is -0.508 e. The van der Waals surface area contributed by atoms with E-state index >= 15 is 0 Å². The predicted octanol–water partition coefficient (Wildman–Crippen LogP) is 9.16. The number of para-hydroxylation sites is 1. The average Bonchev–Trinajstić information content (AvgIpc) is 3.32. The first kappa shape index (κ1) is 47.3. The van der Waals surface area contributed by atoms with Crippen molar-refractivity contribution in [2.24, 2.45) is 0 Å². The topological polar surface area (TPSA) is 128 Å². The molecule has 0 heterocycles. The third kappa shape index (κ3) is 15.7. The summed E-state index contributed by atoms with van der Waals surface area (Å²) in [5.74, 6) is -0.507. The minimum absolute atomic E-state index is 0.115. The normalized spacial score (nSPS) is 9.79. The van der Waals surface area contributed by atoms with Crippen LogP contribution in [0.1, 0.15) is 22.3 Å². The fourth-order valence-electron chi connectivity index (χ4n) is 5.72. The number of amides is 4. The van der Waals surface area contributed by atoms with Crippen LogP contribution in [0.2, 0.25) is 0 Å². The number of aromatic hydroxyl groups is 1. The summed E-state index contributed by atoms with van der Waals surface area (Å²) in [5, 5.41) is 17.5. The molecule has 6 rings (SSSR count). The number of anilines is 2. The molecule has 0 unspecified atom stereocenters. The van der Waals surface area contributed by atoms with E-state index < -0.39 is 5.54 Å². The Balaban J connectivity index is 0.000000231. The molecule has 0 radical (unpaired) electrons. The molecule has 0 aromatic heterocycles. The molecule has 0 aliphatic rings. The van der Waals surface area contributed by atoms with Gasteiger partial charge in [0.15, 0.2) is 0 Å². The first-order valence-electron chi connectivity index (χ1n) is 19.3. The van der Waals surface area contributed by atoms with Crippen LogP contribution in [0, 0.1) is 0 Å². The number of nitrogens with zero attached hydrogens (tertiary/aromatic N) is 1. The monoisotopic (exact) mass is 812 g/mol. The Kier molecular flexibility index (Phi) is 20.2. The zero-order valence-corrected chi connectivity index (χ0v) is 34.3. The number of carbonyl (C=O) groups is 4. The van der Waals surface area contributed by atoms with E-state index in [1.165, 1.54) is 46.9 Å². The number of benzene rings is 6. The minimum atomic E-state index is -0.769. The summed E-state index contributed by atoms with van der Waals surface area (Å²) in [4.78, 5) is 46.4. The summed E-state index contributed by atoms with van der Waals surface area (Å²) in [6, 6.07) is 55.7. The van der Waals surface area contributed by atoms with Crippen LogP contribution in [-0.4, -0.2) is 42.3 Å². The largest absolute Gasteiger partial charge is 0.508 e. The lowest BCUT2D eigenvalue weighted by atomic mass is 9.77. The van der Waals surface area contributed by atoms with Gasteiger partial charge in [0.2, 0.25) is 23.6 Å². The van der Waals surface area contributed by atoms with Crippen molar-refractivity contribution in [3.63, 3.8) is 0 Å². The Morgan fingerprint density at radius 2 is 0.951 bits per heavy atom. The molecule has 0 fully saturated rings.